The number of H-pyrrole nitrogens is 1. The van der Waals surface area contributed by atoms with E-state index in [1.807, 2.05) is 36.5 Å². The van der Waals surface area contributed by atoms with Gasteiger partial charge in [-0.3, -0.25) is 9.97 Å². The van der Waals surface area contributed by atoms with Gasteiger partial charge in [-0.05, 0) is 36.4 Å². The molecule has 0 saturated carbocycles. The number of hydrogen-bond acceptors (Lipinski definition) is 5. The van der Waals surface area contributed by atoms with Crippen LogP contribution in [0.1, 0.15) is 5.69 Å². The molecule has 4 rings (SSSR count). The number of nitrogens with one attached hydrogen (secondary N) is 2. The summed E-state index contributed by atoms with van der Waals surface area (Å²) in [4.78, 5) is 16.3. The Morgan fingerprint density at radius 1 is 1.04 bits per heavy atom. The summed E-state index contributed by atoms with van der Waals surface area (Å²) in [5.74, 6) is 0.831. The fourth-order valence-corrected chi connectivity index (χ4v) is 2.61. The van der Waals surface area contributed by atoms with Gasteiger partial charge in [-0.15, -0.1) is 0 Å². The van der Waals surface area contributed by atoms with Gasteiger partial charge in [-0.1, -0.05) is 6.07 Å². The average molecular weight is 317 g/mol. The van der Waals surface area contributed by atoms with E-state index >= 15 is 0 Å². The third-order valence-corrected chi connectivity index (χ3v) is 3.75. The van der Waals surface area contributed by atoms with Gasteiger partial charge in [0.2, 0.25) is 0 Å². The lowest BCUT2D eigenvalue weighted by Gasteiger charge is -2.10. The summed E-state index contributed by atoms with van der Waals surface area (Å²) in [6, 6.07) is 12.9. The predicted molar refractivity (Wildman–Crippen MR) is 92.6 cm³/mol. The van der Waals surface area contributed by atoms with Crippen molar-refractivity contribution in [1.82, 2.24) is 19.9 Å². The molecule has 4 aromatic rings. The highest BCUT2D eigenvalue weighted by molar-refractivity contribution is 5.95. The largest absolute Gasteiger partial charge is 0.506 e. The monoisotopic (exact) mass is 317 g/mol. The zero-order chi connectivity index (χ0) is 16.4. The van der Waals surface area contributed by atoms with Crippen molar-refractivity contribution >= 4 is 16.9 Å². The topological polar surface area (TPSA) is 86.7 Å². The van der Waals surface area contributed by atoms with Crippen LogP contribution in [0.5, 0.6) is 5.75 Å². The van der Waals surface area contributed by atoms with Crippen LogP contribution in [0.3, 0.4) is 0 Å². The van der Waals surface area contributed by atoms with Gasteiger partial charge >= 0.3 is 0 Å². The van der Waals surface area contributed by atoms with E-state index in [1.165, 1.54) is 0 Å². The van der Waals surface area contributed by atoms with Crippen LogP contribution >= 0.6 is 0 Å². The standard InChI is InChI=1S/C18H15N5O/c24-15-5-3-8-20-17(15)14-10-16(23-18-13(14)6-9-21-18)22-11-12-4-1-2-7-19-12/h1-10,24H,11H2,(H2,21,22,23). The Morgan fingerprint density at radius 2 is 1.96 bits per heavy atom. The van der Waals surface area contributed by atoms with Gasteiger partial charge in [0.25, 0.3) is 0 Å². The van der Waals surface area contributed by atoms with Crippen molar-refractivity contribution in [3.8, 4) is 17.0 Å². The van der Waals surface area contributed by atoms with Crippen molar-refractivity contribution in [3.05, 3.63) is 66.7 Å². The maximum absolute atomic E-state index is 10.1. The fourth-order valence-electron chi connectivity index (χ4n) is 2.61. The first-order chi connectivity index (χ1) is 11.8. The molecule has 118 valence electrons. The highest BCUT2D eigenvalue weighted by Crippen LogP contribution is 2.33. The molecule has 0 amide bonds. The fraction of sp³-hybridized carbons (Fsp3) is 0.0556. The Bertz CT molecular complexity index is 981. The number of rotatable bonds is 4. The lowest BCUT2D eigenvalue weighted by atomic mass is 10.1. The number of anilines is 1. The van der Waals surface area contributed by atoms with Crippen molar-refractivity contribution in [2.75, 3.05) is 5.32 Å². The zero-order valence-corrected chi connectivity index (χ0v) is 12.8. The summed E-state index contributed by atoms with van der Waals surface area (Å²) in [5, 5.41) is 14.3. The first-order valence-electron chi connectivity index (χ1n) is 7.57. The molecule has 6 nitrogen and oxygen atoms in total. The van der Waals surface area contributed by atoms with Crippen LogP contribution in [0.25, 0.3) is 22.3 Å². The van der Waals surface area contributed by atoms with Gasteiger partial charge in [0.05, 0.1) is 12.2 Å². The van der Waals surface area contributed by atoms with Crippen LogP contribution in [-0.2, 0) is 6.54 Å². The molecule has 4 aromatic heterocycles. The number of pyridine rings is 3. The lowest BCUT2D eigenvalue weighted by Crippen LogP contribution is -2.03. The first kappa shape index (κ1) is 14.2. The number of aromatic hydroxyl groups is 1. The Kier molecular flexibility index (Phi) is 3.55. The van der Waals surface area contributed by atoms with Crippen LogP contribution in [0, 0.1) is 0 Å². The molecule has 0 spiro atoms. The van der Waals surface area contributed by atoms with Gasteiger partial charge in [0, 0.05) is 29.5 Å². The minimum absolute atomic E-state index is 0.141. The Hall–Kier alpha value is -3.41. The summed E-state index contributed by atoms with van der Waals surface area (Å²) in [5.41, 5.74) is 3.02. The summed E-state index contributed by atoms with van der Waals surface area (Å²) >= 11 is 0. The molecule has 0 atom stereocenters. The number of hydrogen-bond donors (Lipinski definition) is 3. The minimum atomic E-state index is 0.141. The maximum atomic E-state index is 10.1. The zero-order valence-electron chi connectivity index (χ0n) is 12.8. The SMILES string of the molecule is Oc1cccnc1-c1cc(NCc2ccccn2)nc2[nH]ccc12. The van der Waals surface area contributed by atoms with Crippen LogP contribution < -0.4 is 5.32 Å². The van der Waals surface area contributed by atoms with Gasteiger partial charge in [-0.2, -0.15) is 0 Å². The third kappa shape index (κ3) is 2.65. The van der Waals surface area contributed by atoms with Crippen molar-refractivity contribution in [1.29, 1.82) is 0 Å². The molecule has 0 aromatic carbocycles. The van der Waals surface area contributed by atoms with E-state index in [0.717, 1.165) is 22.3 Å². The molecule has 0 saturated heterocycles. The van der Waals surface area contributed by atoms with Gasteiger partial charge < -0.3 is 15.4 Å². The van der Waals surface area contributed by atoms with E-state index in [-0.39, 0.29) is 5.75 Å². The number of nitrogens with zero attached hydrogens (tertiary/aromatic N) is 3. The second-order valence-electron chi connectivity index (χ2n) is 5.34. The summed E-state index contributed by atoms with van der Waals surface area (Å²) < 4.78 is 0. The maximum Gasteiger partial charge on any atom is 0.141 e. The first-order valence-corrected chi connectivity index (χ1v) is 7.57. The molecule has 0 radical (unpaired) electrons. The van der Waals surface area contributed by atoms with Gasteiger partial charge in [0.15, 0.2) is 0 Å². The lowest BCUT2D eigenvalue weighted by molar-refractivity contribution is 0.475. The Morgan fingerprint density at radius 3 is 2.79 bits per heavy atom. The molecule has 0 aliphatic heterocycles. The highest BCUT2D eigenvalue weighted by atomic mass is 16.3. The van der Waals surface area contributed by atoms with Crippen molar-refractivity contribution in [2.45, 2.75) is 6.54 Å². The van der Waals surface area contributed by atoms with Crippen LogP contribution in [-0.4, -0.2) is 25.0 Å². The Labute approximate surface area is 138 Å². The van der Waals surface area contributed by atoms with E-state index in [9.17, 15) is 5.11 Å². The quantitative estimate of drug-likeness (QED) is 0.537. The van der Waals surface area contributed by atoms with Gasteiger partial charge in [-0.25, -0.2) is 4.98 Å². The van der Waals surface area contributed by atoms with Crippen molar-refractivity contribution in [3.63, 3.8) is 0 Å². The molecule has 0 bridgehead atoms. The molecular weight excluding hydrogens is 302 g/mol. The van der Waals surface area contributed by atoms with Crippen LogP contribution in [0.15, 0.2) is 61.1 Å². The highest BCUT2D eigenvalue weighted by Gasteiger charge is 2.13. The number of aromatic nitrogens is 4. The van der Waals surface area contributed by atoms with E-state index < -0.39 is 0 Å². The molecule has 4 heterocycles. The van der Waals surface area contributed by atoms with E-state index in [4.69, 9.17) is 0 Å². The third-order valence-electron chi connectivity index (χ3n) is 3.75. The van der Waals surface area contributed by atoms with E-state index in [0.29, 0.717) is 18.1 Å². The average Bonchev–Trinajstić information content (AvgIpc) is 3.09. The minimum Gasteiger partial charge on any atom is -0.506 e. The van der Waals surface area contributed by atoms with Crippen molar-refractivity contribution < 1.29 is 5.11 Å². The predicted octanol–water partition coefficient (Wildman–Crippen LogP) is 3.34. The normalized spacial score (nSPS) is 10.8. The number of aromatic amines is 1. The summed E-state index contributed by atoms with van der Waals surface area (Å²) in [6.45, 7) is 0.563. The summed E-state index contributed by atoms with van der Waals surface area (Å²) in [7, 11) is 0. The second kappa shape index (κ2) is 6.00. The van der Waals surface area contributed by atoms with E-state index in [1.54, 1.807) is 24.5 Å². The van der Waals surface area contributed by atoms with E-state index in [2.05, 4.69) is 25.3 Å². The molecule has 6 heteroatoms. The molecule has 3 N–H and O–H groups in total. The molecule has 0 aliphatic carbocycles. The second-order valence-corrected chi connectivity index (χ2v) is 5.34. The summed E-state index contributed by atoms with van der Waals surface area (Å²) in [6.07, 6.45) is 5.24. The van der Waals surface area contributed by atoms with Crippen LogP contribution in [0.2, 0.25) is 0 Å². The van der Waals surface area contributed by atoms with Crippen LogP contribution in [0.4, 0.5) is 5.82 Å². The van der Waals surface area contributed by atoms with Crippen molar-refractivity contribution in [2.24, 2.45) is 0 Å². The van der Waals surface area contributed by atoms with Gasteiger partial charge in [0.1, 0.15) is 22.9 Å². The molecular formula is C18H15N5O. The molecule has 0 aliphatic rings. The molecule has 0 unspecified atom stereocenters. The Balaban J connectivity index is 1.74. The molecule has 24 heavy (non-hydrogen) atoms. The molecule has 0 fully saturated rings. The number of fused-ring (bicyclic) bond motifs is 1. The smallest absolute Gasteiger partial charge is 0.141 e.